The second-order valence-corrected chi connectivity index (χ2v) is 13.3. The van der Waals surface area contributed by atoms with Crippen LogP contribution in [-0.4, -0.2) is 56.0 Å². The summed E-state index contributed by atoms with van der Waals surface area (Å²) < 4.78 is 8.74. The molecule has 0 radical (unpaired) electrons. The molecule has 0 bridgehead atoms. The molecule has 0 N–H and O–H groups in total. The Morgan fingerprint density at radius 1 is 1.10 bits per heavy atom. The van der Waals surface area contributed by atoms with E-state index in [1.54, 1.807) is 23.5 Å². The Labute approximate surface area is 248 Å². The maximum Gasteiger partial charge on any atom is 0.182 e. The van der Waals surface area contributed by atoms with Crippen molar-refractivity contribution in [1.82, 2.24) is 24.7 Å². The molecule has 2 unspecified atom stereocenters. The molecule has 4 aliphatic rings. The molecule has 0 amide bonds. The van der Waals surface area contributed by atoms with Crippen LogP contribution in [0, 0.1) is 28.4 Å². The molecule has 9 nitrogen and oxygen atoms in total. The molecule has 1 saturated carbocycles. The maximum atomic E-state index is 13.4. The number of carbonyl (C=O) groups excluding carboxylic acids is 2. The van der Waals surface area contributed by atoms with Crippen molar-refractivity contribution in [2.24, 2.45) is 17.8 Å². The van der Waals surface area contributed by atoms with Crippen LogP contribution in [0.25, 0.3) is 11.2 Å². The van der Waals surface area contributed by atoms with Crippen LogP contribution < -0.4 is 4.90 Å². The quantitative estimate of drug-likeness (QED) is 0.217. The van der Waals surface area contributed by atoms with Gasteiger partial charge in [-0.15, -0.1) is 11.3 Å². The molecule has 204 valence electrons. The van der Waals surface area contributed by atoms with Gasteiger partial charge in [-0.25, -0.2) is 19.6 Å². The van der Waals surface area contributed by atoms with Crippen LogP contribution in [0.5, 0.6) is 0 Å². The number of fused-ring (bicyclic) bond motifs is 3. The van der Waals surface area contributed by atoms with Crippen LogP contribution in [0.4, 0.5) is 5.82 Å². The van der Waals surface area contributed by atoms with Gasteiger partial charge in [-0.05, 0) is 67.0 Å². The third-order valence-electron chi connectivity index (χ3n) is 9.29. The fourth-order valence-electron chi connectivity index (χ4n) is 7.26. The SMILES string of the molecule is Cc1csc(C2(CC3C(=O)c4ccccc4C3=O)[C@@H]3CN(c4cnc5c(I)nn(C6CCCCO6)c5n4)C[C@@H]32)n1. The summed E-state index contributed by atoms with van der Waals surface area (Å²) in [6.07, 6.45) is 5.36. The number of carbonyl (C=O) groups is 2. The van der Waals surface area contributed by atoms with Gasteiger partial charge in [0, 0.05) is 47.3 Å². The highest BCUT2D eigenvalue weighted by Gasteiger charge is 2.71. The number of hydrogen-bond donors (Lipinski definition) is 0. The molecule has 2 aliphatic heterocycles. The lowest BCUT2D eigenvalue weighted by Crippen LogP contribution is -2.34. The molecule has 4 aromatic rings. The number of piperidine rings is 1. The van der Waals surface area contributed by atoms with E-state index in [0.29, 0.717) is 29.4 Å². The molecule has 11 heteroatoms. The first-order valence-corrected chi connectivity index (χ1v) is 15.8. The lowest BCUT2D eigenvalue weighted by atomic mass is 9.85. The van der Waals surface area contributed by atoms with Gasteiger partial charge in [0.1, 0.15) is 11.3 Å². The highest BCUT2D eigenvalue weighted by Crippen LogP contribution is 2.67. The third-order valence-corrected chi connectivity index (χ3v) is 11.2. The molecule has 5 heterocycles. The monoisotopic (exact) mass is 666 g/mol. The fraction of sp³-hybridized carbons (Fsp3) is 0.448. The summed E-state index contributed by atoms with van der Waals surface area (Å²) >= 11 is 3.88. The number of nitrogens with zero attached hydrogens (tertiary/aromatic N) is 6. The summed E-state index contributed by atoms with van der Waals surface area (Å²) in [5.74, 6) is 0.706. The summed E-state index contributed by atoms with van der Waals surface area (Å²) in [5, 5.41) is 7.85. The van der Waals surface area contributed by atoms with E-state index in [1.165, 1.54) is 0 Å². The largest absolute Gasteiger partial charge is 0.356 e. The van der Waals surface area contributed by atoms with Crippen molar-refractivity contribution in [2.45, 2.75) is 44.2 Å². The number of rotatable bonds is 5. The van der Waals surface area contributed by atoms with Crippen molar-refractivity contribution in [1.29, 1.82) is 0 Å². The van der Waals surface area contributed by atoms with E-state index in [1.807, 2.05) is 29.9 Å². The number of aromatic nitrogens is 5. The summed E-state index contributed by atoms with van der Waals surface area (Å²) in [4.78, 5) is 43.7. The lowest BCUT2D eigenvalue weighted by molar-refractivity contribution is -0.0372. The number of benzene rings is 1. The Morgan fingerprint density at radius 2 is 1.85 bits per heavy atom. The van der Waals surface area contributed by atoms with Crippen LogP contribution in [0.15, 0.2) is 35.8 Å². The zero-order chi connectivity index (χ0) is 27.2. The minimum atomic E-state index is -0.635. The minimum absolute atomic E-state index is 0.0424. The zero-order valence-corrected chi connectivity index (χ0v) is 24.9. The number of Topliss-reactive ketones (excluding diaryl/α,β-unsaturated/α-hetero) is 2. The van der Waals surface area contributed by atoms with Crippen LogP contribution in [0.1, 0.15) is 63.3 Å². The molecule has 3 aromatic heterocycles. The molecular weight excluding hydrogens is 639 g/mol. The Morgan fingerprint density at radius 3 is 2.50 bits per heavy atom. The second-order valence-electron chi connectivity index (χ2n) is 11.4. The summed E-state index contributed by atoms with van der Waals surface area (Å²) in [5.41, 5.74) is 3.40. The summed E-state index contributed by atoms with van der Waals surface area (Å²) in [7, 11) is 0. The molecule has 4 atom stereocenters. The first-order chi connectivity index (χ1) is 19.5. The molecule has 1 aromatic carbocycles. The number of aryl methyl sites for hydroxylation is 1. The number of anilines is 1. The van der Waals surface area contributed by atoms with Gasteiger partial charge in [0.15, 0.2) is 27.1 Å². The van der Waals surface area contributed by atoms with Crippen molar-refractivity contribution in [3.8, 4) is 0 Å². The van der Waals surface area contributed by atoms with Gasteiger partial charge in [0.2, 0.25) is 0 Å². The van der Waals surface area contributed by atoms with E-state index in [9.17, 15) is 9.59 Å². The van der Waals surface area contributed by atoms with Gasteiger partial charge < -0.3 is 9.64 Å². The second kappa shape index (κ2) is 9.12. The highest BCUT2D eigenvalue weighted by molar-refractivity contribution is 14.1. The Bertz CT molecular complexity index is 1650. The van der Waals surface area contributed by atoms with Gasteiger partial charge >= 0.3 is 0 Å². The van der Waals surface area contributed by atoms with E-state index in [-0.39, 0.29) is 23.2 Å². The van der Waals surface area contributed by atoms with Gasteiger partial charge in [-0.1, -0.05) is 24.3 Å². The van der Waals surface area contributed by atoms with Crippen molar-refractivity contribution < 1.29 is 14.3 Å². The number of ketones is 2. The number of ether oxygens (including phenoxy) is 1. The maximum absolute atomic E-state index is 13.4. The number of halogens is 1. The lowest BCUT2D eigenvalue weighted by Gasteiger charge is -2.28. The molecule has 40 heavy (non-hydrogen) atoms. The van der Waals surface area contributed by atoms with Crippen molar-refractivity contribution >= 4 is 62.5 Å². The third kappa shape index (κ3) is 3.59. The molecule has 3 fully saturated rings. The summed E-state index contributed by atoms with van der Waals surface area (Å²) in [6, 6.07) is 7.23. The fourth-order valence-corrected chi connectivity index (χ4v) is 9.01. The van der Waals surface area contributed by atoms with Crippen molar-refractivity contribution in [3.05, 3.63) is 61.4 Å². The Kier molecular flexibility index (Phi) is 5.69. The Balaban J connectivity index is 1.09. The van der Waals surface area contributed by atoms with Crippen LogP contribution >= 0.6 is 33.9 Å². The first kappa shape index (κ1) is 25.0. The van der Waals surface area contributed by atoms with Crippen molar-refractivity contribution in [3.63, 3.8) is 0 Å². The number of hydrogen-bond acceptors (Lipinski definition) is 9. The standard InChI is InChI=1S/C29H27IN6O3S/c1-15-14-40-28(32-15)29(10-18-24(37)16-6-2-3-7-17(16)25(18)38)19-12-35(13-20(19)29)21-11-31-23-26(30)34-36(27(23)33-21)22-8-4-5-9-39-22/h2-3,6-7,11,14,18-20,22H,4-5,8-10,12-13H2,1H3/t19-,20+,22?,29?. The van der Waals surface area contributed by atoms with E-state index < -0.39 is 5.92 Å². The van der Waals surface area contributed by atoms with Gasteiger partial charge in [-0.2, -0.15) is 5.10 Å². The Hall–Kier alpha value is -2.77. The molecule has 2 aliphatic carbocycles. The number of thiazole rings is 1. The predicted octanol–water partition coefficient (Wildman–Crippen LogP) is 4.98. The van der Waals surface area contributed by atoms with E-state index in [0.717, 1.165) is 70.3 Å². The summed E-state index contributed by atoms with van der Waals surface area (Å²) in [6.45, 7) is 4.32. The van der Waals surface area contributed by atoms with Crippen LogP contribution in [0.2, 0.25) is 0 Å². The highest BCUT2D eigenvalue weighted by atomic mass is 127. The van der Waals surface area contributed by atoms with Gasteiger partial charge in [-0.3, -0.25) is 9.59 Å². The first-order valence-electron chi connectivity index (χ1n) is 13.8. The normalized spacial score (nSPS) is 27.9. The topological polar surface area (TPSA) is 103 Å². The van der Waals surface area contributed by atoms with Gasteiger partial charge in [0.25, 0.3) is 0 Å². The average molecular weight is 667 g/mol. The molecule has 8 rings (SSSR count). The van der Waals surface area contributed by atoms with E-state index >= 15 is 0 Å². The molecular formula is C29H27IN6O3S. The smallest absolute Gasteiger partial charge is 0.182 e. The predicted molar refractivity (Wildman–Crippen MR) is 158 cm³/mol. The molecule has 2 saturated heterocycles. The van der Waals surface area contributed by atoms with E-state index in [4.69, 9.17) is 24.8 Å². The average Bonchev–Trinajstić information content (AvgIpc) is 3.50. The van der Waals surface area contributed by atoms with E-state index in [2.05, 4.69) is 32.9 Å². The molecule has 0 spiro atoms. The van der Waals surface area contributed by atoms with Crippen molar-refractivity contribution in [2.75, 3.05) is 24.6 Å². The van der Waals surface area contributed by atoms with Crippen LogP contribution in [-0.2, 0) is 10.2 Å². The van der Waals surface area contributed by atoms with Gasteiger partial charge in [0.05, 0.1) is 17.1 Å². The minimum Gasteiger partial charge on any atom is -0.356 e. The van der Waals surface area contributed by atoms with Crippen LogP contribution in [0.3, 0.4) is 0 Å². The zero-order valence-electron chi connectivity index (χ0n) is 21.9.